The molecule has 1 aliphatic rings. The highest BCUT2D eigenvalue weighted by Crippen LogP contribution is 2.34. The van der Waals surface area contributed by atoms with Crippen LogP contribution in [0, 0.1) is 12.8 Å². The fraction of sp³-hybridized carbons (Fsp3) is 0.542. The van der Waals surface area contributed by atoms with Gasteiger partial charge in [-0.05, 0) is 55.9 Å². The van der Waals surface area contributed by atoms with Gasteiger partial charge in [-0.25, -0.2) is 0 Å². The Morgan fingerprint density at radius 1 is 1.13 bits per heavy atom. The van der Waals surface area contributed by atoms with Gasteiger partial charge in [0.1, 0.15) is 0 Å². The molecule has 30 heavy (non-hydrogen) atoms. The molecule has 1 heterocycles. The summed E-state index contributed by atoms with van der Waals surface area (Å²) in [4.78, 5) is 12.7. The standard InChI is InChI=1S/C24H31F3N2O/c1-3-4-14-28-23(30)21-15-22(19-10-12-20(13-11-19)24(25,26)27)29(17(21)2)16-18-8-6-5-7-9-18/h10-13,15,18H,3-9,14,16H2,1-2H3,(H,28,30). The van der Waals surface area contributed by atoms with Gasteiger partial charge in [-0.15, -0.1) is 0 Å². The highest BCUT2D eigenvalue weighted by molar-refractivity contribution is 5.97. The molecule has 0 atom stereocenters. The van der Waals surface area contributed by atoms with Crippen LogP contribution >= 0.6 is 0 Å². The van der Waals surface area contributed by atoms with Crippen LogP contribution in [0.3, 0.4) is 0 Å². The summed E-state index contributed by atoms with van der Waals surface area (Å²) in [6.07, 6.45) is 3.55. The number of aromatic nitrogens is 1. The summed E-state index contributed by atoms with van der Waals surface area (Å²) in [5.41, 5.74) is 2.34. The third-order valence-corrected chi connectivity index (χ3v) is 6.10. The van der Waals surface area contributed by atoms with Crippen molar-refractivity contribution in [2.24, 2.45) is 5.92 Å². The molecule has 0 aliphatic heterocycles. The van der Waals surface area contributed by atoms with E-state index < -0.39 is 11.7 Å². The maximum absolute atomic E-state index is 13.0. The maximum Gasteiger partial charge on any atom is 0.416 e. The first-order valence-corrected chi connectivity index (χ1v) is 11.0. The SMILES string of the molecule is CCCCNC(=O)c1cc(-c2ccc(C(F)(F)F)cc2)n(CC2CCCCC2)c1C. The average molecular weight is 421 g/mol. The van der Waals surface area contributed by atoms with E-state index in [9.17, 15) is 18.0 Å². The van der Waals surface area contributed by atoms with Crippen LogP contribution in [0.25, 0.3) is 11.3 Å². The molecule has 1 fully saturated rings. The molecular weight excluding hydrogens is 389 g/mol. The Kier molecular flexibility index (Phi) is 7.27. The minimum Gasteiger partial charge on any atom is -0.352 e. The van der Waals surface area contributed by atoms with Crippen molar-refractivity contribution in [3.8, 4) is 11.3 Å². The molecule has 0 saturated heterocycles. The Morgan fingerprint density at radius 3 is 2.40 bits per heavy atom. The smallest absolute Gasteiger partial charge is 0.352 e. The van der Waals surface area contributed by atoms with E-state index in [1.54, 1.807) is 0 Å². The zero-order chi connectivity index (χ0) is 21.7. The van der Waals surface area contributed by atoms with E-state index in [1.165, 1.54) is 31.4 Å². The van der Waals surface area contributed by atoms with Gasteiger partial charge in [0.05, 0.1) is 11.1 Å². The number of hydrogen-bond acceptors (Lipinski definition) is 1. The molecule has 2 aromatic rings. The van der Waals surface area contributed by atoms with Gasteiger partial charge in [-0.2, -0.15) is 13.2 Å². The van der Waals surface area contributed by atoms with Crippen molar-refractivity contribution < 1.29 is 18.0 Å². The second-order valence-corrected chi connectivity index (χ2v) is 8.33. The third-order valence-electron chi connectivity index (χ3n) is 6.10. The van der Waals surface area contributed by atoms with Crippen LogP contribution in [0.4, 0.5) is 13.2 Å². The molecule has 0 spiro atoms. The van der Waals surface area contributed by atoms with Crippen LogP contribution in [0.5, 0.6) is 0 Å². The van der Waals surface area contributed by atoms with Gasteiger partial charge < -0.3 is 9.88 Å². The quantitative estimate of drug-likeness (QED) is 0.504. The topological polar surface area (TPSA) is 34.0 Å². The largest absolute Gasteiger partial charge is 0.416 e. The average Bonchev–Trinajstić information content (AvgIpc) is 3.05. The number of carbonyl (C=O) groups excluding carboxylic acids is 1. The molecule has 3 nitrogen and oxygen atoms in total. The van der Waals surface area contributed by atoms with Crippen molar-refractivity contribution in [2.75, 3.05) is 6.54 Å². The number of nitrogens with one attached hydrogen (secondary N) is 1. The minimum atomic E-state index is -4.36. The number of alkyl halides is 3. The fourth-order valence-electron chi connectivity index (χ4n) is 4.28. The molecule has 1 aliphatic carbocycles. The fourth-order valence-corrected chi connectivity index (χ4v) is 4.28. The second kappa shape index (κ2) is 9.71. The lowest BCUT2D eigenvalue weighted by Gasteiger charge is -2.24. The van der Waals surface area contributed by atoms with Crippen LogP contribution in [-0.4, -0.2) is 17.0 Å². The molecule has 1 amide bonds. The van der Waals surface area contributed by atoms with Gasteiger partial charge in [0.2, 0.25) is 0 Å². The third kappa shape index (κ3) is 5.27. The van der Waals surface area contributed by atoms with Gasteiger partial charge in [0.15, 0.2) is 0 Å². The van der Waals surface area contributed by atoms with Crippen LogP contribution in [0.15, 0.2) is 30.3 Å². The first-order valence-electron chi connectivity index (χ1n) is 11.0. The minimum absolute atomic E-state index is 0.114. The predicted octanol–water partition coefficient (Wildman–Crippen LogP) is 6.59. The number of hydrogen-bond donors (Lipinski definition) is 1. The predicted molar refractivity (Wildman–Crippen MR) is 113 cm³/mol. The Hall–Kier alpha value is -2.24. The highest BCUT2D eigenvalue weighted by atomic mass is 19.4. The number of nitrogens with zero attached hydrogens (tertiary/aromatic N) is 1. The Morgan fingerprint density at radius 2 is 1.80 bits per heavy atom. The number of rotatable bonds is 7. The van der Waals surface area contributed by atoms with Crippen LogP contribution < -0.4 is 5.32 Å². The van der Waals surface area contributed by atoms with Crippen molar-refractivity contribution in [3.63, 3.8) is 0 Å². The van der Waals surface area contributed by atoms with Crippen molar-refractivity contribution in [1.29, 1.82) is 0 Å². The monoisotopic (exact) mass is 420 g/mol. The van der Waals surface area contributed by atoms with Crippen LogP contribution in [0.1, 0.15) is 73.5 Å². The van der Waals surface area contributed by atoms with Crippen LogP contribution in [0.2, 0.25) is 0 Å². The van der Waals surface area contributed by atoms with Crippen molar-refractivity contribution >= 4 is 5.91 Å². The lowest BCUT2D eigenvalue weighted by atomic mass is 9.89. The summed E-state index contributed by atoms with van der Waals surface area (Å²) in [5, 5.41) is 2.96. The Bertz CT molecular complexity index is 847. The molecule has 1 aromatic carbocycles. The number of halogens is 3. The van der Waals surface area contributed by atoms with E-state index in [0.29, 0.717) is 23.6 Å². The lowest BCUT2D eigenvalue weighted by Crippen LogP contribution is -2.25. The van der Waals surface area contributed by atoms with E-state index in [-0.39, 0.29) is 5.91 Å². The molecule has 0 bridgehead atoms. The normalized spacial score (nSPS) is 15.4. The van der Waals surface area contributed by atoms with E-state index in [0.717, 1.165) is 55.7 Å². The molecule has 164 valence electrons. The van der Waals surface area contributed by atoms with Gasteiger partial charge in [-0.3, -0.25) is 4.79 Å². The van der Waals surface area contributed by atoms with E-state index in [2.05, 4.69) is 16.8 Å². The summed E-state index contributed by atoms with van der Waals surface area (Å²) in [6.45, 7) is 5.43. The van der Waals surface area contributed by atoms with Gasteiger partial charge in [0, 0.05) is 24.5 Å². The number of carbonyl (C=O) groups is 1. The molecule has 3 rings (SSSR count). The zero-order valence-corrected chi connectivity index (χ0v) is 17.8. The molecule has 1 aromatic heterocycles. The summed E-state index contributed by atoms with van der Waals surface area (Å²) >= 11 is 0. The van der Waals surface area contributed by atoms with Gasteiger partial charge in [0.25, 0.3) is 5.91 Å². The summed E-state index contributed by atoms with van der Waals surface area (Å²) in [6, 6.07) is 7.08. The number of unbranched alkanes of at least 4 members (excludes halogenated alkanes) is 1. The summed E-state index contributed by atoms with van der Waals surface area (Å²) < 4.78 is 41.1. The first kappa shape index (κ1) is 22.4. The molecule has 0 radical (unpaired) electrons. The van der Waals surface area contributed by atoms with Crippen molar-refractivity contribution in [3.05, 3.63) is 47.2 Å². The summed E-state index contributed by atoms with van der Waals surface area (Å²) in [5.74, 6) is 0.422. The van der Waals surface area contributed by atoms with Crippen molar-refractivity contribution in [2.45, 2.75) is 71.5 Å². The highest BCUT2D eigenvalue weighted by Gasteiger charge is 2.30. The number of benzene rings is 1. The zero-order valence-electron chi connectivity index (χ0n) is 17.8. The number of amides is 1. The van der Waals surface area contributed by atoms with E-state index >= 15 is 0 Å². The van der Waals surface area contributed by atoms with E-state index in [4.69, 9.17) is 0 Å². The molecule has 1 N–H and O–H groups in total. The first-order chi connectivity index (χ1) is 14.3. The second-order valence-electron chi connectivity index (χ2n) is 8.33. The van der Waals surface area contributed by atoms with Gasteiger partial charge >= 0.3 is 6.18 Å². The maximum atomic E-state index is 13.0. The molecule has 6 heteroatoms. The van der Waals surface area contributed by atoms with Crippen molar-refractivity contribution in [1.82, 2.24) is 9.88 Å². The van der Waals surface area contributed by atoms with Gasteiger partial charge in [-0.1, -0.05) is 44.7 Å². The Balaban J connectivity index is 1.94. The molecule has 1 saturated carbocycles. The van der Waals surface area contributed by atoms with Crippen LogP contribution in [-0.2, 0) is 12.7 Å². The molecule has 0 unspecified atom stereocenters. The summed E-state index contributed by atoms with van der Waals surface area (Å²) in [7, 11) is 0. The Labute approximate surface area is 176 Å². The van der Waals surface area contributed by atoms with E-state index in [1.807, 2.05) is 13.0 Å². The molecular formula is C24H31F3N2O. The lowest BCUT2D eigenvalue weighted by molar-refractivity contribution is -0.137.